The average molecular weight is 306 g/mol. The van der Waals surface area contributed by atoms with E-state index in [4.69, 9.17) is 4.74 Å². The quantitative estimate of drug-likeness (QED) is 0.821. The second-order valence-corrected chi connectivity index (χ2v) is 6.11. The summed E-state index contributed by atoms with van der Waals surface area (Å²) in [4.78, 5) is 8.28. The van der Waals surface area contributed by atoms with Crippen molar-refractivity contribution in [2.45, 2.75) is 25.1 Å². The van der Waals surface area contributed by atoms with Gasteiger partial charge < -0.3 is 9.84 Å². The van der Waals surface area contributed by atoms with E-state index < -0.39 is 16.9 Å². The van der Waals surface area contributed by atoms with Crippen LogP contribution in [-0.4, -0.2) is 37.7 Å². The predicted molar refractivity (Wildman–Crippen MR) is 80.7 cm³/mol. The number of aliphatic hydroxyl groups is 1. The maximum absolute atomic E-state index is 12.1. The molecule has 0 aliphatic heterocycles. The maximum atomic E-state index is 12.1. The van der Waals surface area contributed by atoms with Gasteiger partial charge in [0.2, 0.25) is 5.16 Å². The van der Waals surface area contributed by atoms with E-state index in [1.807, 2.05) is 38.1 Å². The molecule has 5 nitrogen and oxygen atoms in total. The van der Waals surface area contributed by atoms with Gasteiger partial charge in [-0.25, -0.2) is 9.97 Å². The largest absolute Gasteiger partial charge is 0.491 e. The van der Waals surface area contributed by atoms with Crippen molar-refractivity contribution in [2.75, 3.05) is 12.4 Å². The summed E-state index contributed by atoms with van der Waals surface area (Å²) in [5.74, 6) is 0.723. The third kappa shape index (κ3) is 4.91. The highest BCUT2D eigenvalue weighted by Crippen LogP contribution is 2.10. The van der Waals surface area contributed by atoms with Gasteiger partial charge in [-0.05, 0) is 32.0 Å². The van der Waals surface area contributed by atoms with Crippen molar-refractivity contribution in [2.24, 2.45) is 0 Å². The lowest BCUT2D eigenvalue weighted by Crippen LogP contribution is -2.25. The molecule has 6 heteroatoms. The zero-order valence-corrected chi connectivity index (χ0v) is 12.8. The molecular weight excluding hydrogens is 288 g/mol. The summed E-state index contributed by atoms with van der Waals surface area (Å²) in [6.45, 7) is 3.73. The number of hydrogen-bond donors (Lipinski definition) is 1. The summed E-state index contributed by atoms with van der Waals surface area (Å²) in [5, 5.41) is 10.2. The zero-order valence-electron chi connectivity index (χ0n) is 12.0. The van der Waals surface area contributed by atoms with Gasteiger partial charge in [0.15, 0.2) is 0 Å². The van der Waals surface area contributed by atoms with Crippen LogP contribution in [0.4, 0.5) is 0 Å². The van der Waals surface area contributed by atoms with E-state index in [-0.39, 0.29) is 17.5 Å². The minimum absolute atomic E-state index is 0.0513. The fourth-order valence-corrected chi connectivity index (χ4v) is 2.89. The average Bonchev–Trinajstić information content (AvgIpc) is 2.45. The molecule has 112 valence electrons. The highest BCUT2D eigenvalue weighted by atomic mass is 32.2. The molecule has 0 aliphatic rings. The Morgan fingerprint density at radius 1 is 1.19 bits per heavy atom. The SMILES string of the molecule is Cc1cc(C)nc([S@](=O)C[C@@H](O)COc2ccccc2)n1. The predicted octanol–water partition coefficient (Wildman–Crippen LogP) is 1.64. The van der Waals surface area contributed by atoms with E-state index in [1.165, 1.54) is 0 Å². The van der Waals surface area contributed by atoms with Gasteiger partial charge in [-0.1, -0.05) is 18.2 Å². The number of nitrogens with zero attached hydrogens (tertiary/aromatic N) is 2. The molecule has 0 amide bonds. The Balaban J connectivity index is 1.90. The summed E-state index contributed by atoms with van der Waals surface area (Å²) in [7, 11) is -1.44. The monoisotopic (exact) mass is 306 g/mol. The molecule has 21 heavy (non-hydrogen) atoms. The van der Waals surface area contributed by atoms with Crippen LogP contribution >= 0.6 is 0 Å². The van der Waals surface area contributed by atoms with Crippen LogP contribution in [0.3, 0.4) is 0 Å². The molecule has 1 aromatic carbocycles. The number of aromatic nitrogens is 2. The van der Waals surface area contributed by atoms with Gasteiger partial charge in [0.25, 0.3) is 0 Å². The fraction of sp³-hybridized carbons (Fsp3) is 0.333. The molecule has 0 saturated heterocycles. The summed E-state index contributed by atoms with van der Waals surface area (Å²) in [6.07, 6.45) is -0.838. The van der Waals surface area contributed by atoms with E-state index in [9.17, 15) is 9.32 Å². The van der Waals surface area contributed by atoms with Gasteiger partial charge in [0.05, 0.1) is 22.7 Å². The smallest absolute Gasteiger partial charge is 0.219 e. The lowest BCUT2D eigenvalue weighted by Gasteiger charge is -2.12. The first kappa shape index (κ1) is 15.6. The number of ether oxygens (including phenoxy) is 1. The molecule has 2 atom stereocenters. The number of benzene rings is 1. The van der Waals surface area contributed by atoms with E-state index in [2.05, 4.69) is 9.97 Å². The van der Waals surface area contributed by atoms with Gasteiger partial charge in [-0.2, -0.15) is 0 Å². The topological polar surface area (TPSA) is 72.3 Å². The van der Waals surface area contributed by atoms with Crippen LogP contribution in [0.15, 0.2) is 41.6 Å². The molecule has 1 aromatic heterocycles. The van der Waals surface area contributed by atoms with Gasteiger partial charge in [0, 0.05) is 11.4 Å². The maximum Gasteiger partial charge on any atom is 0.219 e. The summed E-state index contributed by atoms with van der Waals surface area (Å²) < 4.78 is 17.6. The third-order valence-corrected chi connectivity index (χ3v) is 3.97. The fourth-order valence-electron chi connectivity index (χ4n) is 1.80. The number of para-hydroxylation sites is 1. The van der Waals surface area contributed by atoms with Crippen molar-refractivity contribution in [1.82, 2.24) is 9.97 Å². The summed E-state index contributed by atoms with van der Waals surface area (Å²) in [5.41, 5.74) is 1.53. The Bertz CT molecular complexity index is 599. The molecule has 0 bridgehead atoms. The molecule has 2 aromatic rings. The van der Waals surface area contributed by atoms with Gasteiger partial charge >= 0.3 is 0 Å². The second kappa shape index (κ2) is 7.28. The first-order valence-electron chi connectivity index (χ1n) is 6.61. The lowest BCUT2D eigenvalue weighted by molar-refractivity contribution is 0.125. The molecule has 0 aliphatic carbocycles. The Kier molecular flexibility index (Phi) is 5.41. The summed E-state index contributed by atoms with van der Waals surface area (Å²) in [6, 6.07) is 11.0. The number of aliphatic hydroxyl groups excluding tert-OH is 1. The van der Waals surface area contributed by atoms with Crippen molar-refractivity contribution in [1.29, 1.82) is 0 Å². The van der Waals surface area contributed by atoms with Gasteiger partial charge in [-0.15, -0.1) is 0 Å². The lowest BCUT2D eigenvalue weighted by atomic mass is 10.3. The molecule has 1 heterocycles. The molecule has 0 unspecified atom stereocenters. The van der Waals surface area contributed by atoms with E-state index in [0.717, 1.165) is 11.4 Å². The standard InChI is InChI=1S/C15H18N2O3S/c1-11-8-12(2)17-15(16-11)21(19)10-13(18)9-20-14-6-4-3-5-7-14/h3-8,13,18H,9-10H2,1-2H3/t13-,21+/m0/s1. The first-order chi connectivity index (χ1) is 10.0. The Morgan fingerprint density at radius 3 is 2.43 bits per heavy atom. The van der Waals surface area contributed by atoms with Crippen LogP contribution in [0.2, 0.25) is 0 Å². The Labute approximate surface area is 126 Å². The number of rotatable bonds is 6. The molecular formula is C15H18N2O3S. The normalized spacial score (nSPS) is 13.7. The van der Waals surface area contributed by atoms with E-state index in [0.29, 0.717) is 5.75 Å². The minimum Gasteiger partial charge on any atom is -0.491 e. The molecule has 0 radical (unpaired) electrons. The van der Waals surface area contributed by atoms with Gasteiger partial charge in [0.1, 0.15) is 12.4 Å². The molecule has 0 fully saturated rings. The second-order valence-electron chi connectivity index (χ2n) is 4.72. The van der Waals surface area contributed by atoms with Crippen molar-refractivity contribution in [3.63, 3.8) is 0 Å². The minimum atomic E-state index is -1.44. The van der Waals surface area contributed by atoms with Crippen molar-refractivity contribution < 1.29 is 14.1 Å². The van der Waals surface area contributed by atoms with Crippen LogP contribution in [-0.2, 0) is 10.8 Å². The first-order valence-corrected chi connectivity index (χ1v) is 7.93. The Morgan fingerprint density at radius 2 is 1.81 bits per heavy atom. The molecule has 2 rings (SSSR count). The number of hydrogen-bond acceptors (Lipinski definition) is 5. The van der Waals surface area contributed by atoms with Crippen molar-refractivity contribution in [3.05, 3.63) is 47.8 Å². The van der Waals surface area contributed by atoms with Crippen molar-refractivity contribution >= 4 is 10.8 Å². The van der Waals surface area contributed by atoms with E-state index in [1.54, 1.807) is 12.1 Å². The molecule has 1 N–H and O–H groups in total. The zero-order chi connectivity index (χ0) is 15.2. The van der Waals surface area contributed by atoms with Crippen molar-refractivity contribution in [3.8, 4) is 5.75 Å². The van der Waals surface area contributed by atoms with Crippen LogP contribution in [0.5, 0.6) is 5.75 Å². The molecule has 0 spiro atoms. The highest BCUT2D eigenvalue weighted by Gasteiger charge is 2.15. The van der Waals surface area contributed by atoms with Crippen LogP contribution < -0.4 is 4.74 Å². The molecule has 0 saturated carbocycles. The highest BCUT2D eigenvalue weighted by molar-refractivity contribution is 7.84. The Hall–Kier alpha value is -1.79. The van der Waals surface area contributed by atoms with Crippen LogP contribution in [0.25, 0.3) is 0 Å². The van der Waals surface area contributed by atoms with E-state index >= 15 is 0 Å². The summed E-state index contributed by atoms with van der Waals surface area (Å²) >= 11 is 0. The van der Waals surface area contributed by atoms with Crippen LogP contribution in [0.1, 0.15) is 11.4 Å². The van der Waals surface area contributed by atoms with Gasteiger partial charge in [-0.3, -0.25) is 4.21 Å². The number of aryl methyl sites for hydroxylation is 2. The third-order valence-electron chi connectivity index (χ3n) is 2.69. The van der Waals surface area contributed by atoms with Crippen LogP contribution in [0, 0.1) is 13.8 Å².